The predicted molar refractivity (Wildman–Crippen MR) is 122 cm³/mol. The average molecular weight is 456 g/mol. The molecule has 0 atom stereocenters. The van der Waals surface area contributed by atoms with Gasteiger partial charge in [0.25, 0.3) is 0 Å². The molecule has 8 heteroatoms. The smallest absolute Gasteiger partial charge is 0.209 e. The molecule has 0 rings (SSSR count). The highest BCUT2D eigenvalue weighted by Gasteiger charge is 2.31. The van der Waals surface area contributed by atoms with Crippen LogP contribution in [0.4, 0.5) is 0 Å². The van der Waals surface area contributed by atoms with Crippen molar-refractivity contribution in [2.24, 2.45) is 16.0 Å². The minimum atomic E-state index is -3.46. The first-order chi connectivity index (χ1) is 13.4. The molecule has 176 valence electrons. The Balaban J connectivity index is 4.13. The van der Waals surface area contributed by atoms with E-state index in [1.807, 2.05) is 13.8 Å². The van der Waals surface area contributed by atoms with Crippen molar-refractivity contribution in [1.82, 2.24) is 0 Å². The molecule has 6 nitrogen and oxygen atoms in total. The van der Waals surface area contributed by atoms with Gasteiger partial charge in [-0.15, -0.1) is 0 Å². The molecule has 0 aliphatic heterocycles. The van der Waals surface area contributed by atoms with E-state index in [1.165, 1.54) is 6.26 Å². The predicted octanol–water partition coefficient (Wildman–Crippen LogP) is 4.29. The van der Waals surface area contributed by atoms with Gasteiger partial charge in [0.2, 0.25) is 10.0 Å². The molecular formula is C21H45NO5S2. The molecule has 0 unspecified atom stereocenters. The van der Waals surface area contributed by atoms with Gasteiger partial charge in [-0.3, -0.25) is 0 Å². The van der Waals surface area contributed by atoms with E-state index < -0.39 is 19.9 Å². The van der Waals surface area contributed by atoms with Gasteiger partial charge in [0, 0.05) is 19.5 Å². The van der Waals surface area contributed by atoms with Gasteiger partial charge in [0.05, 0.1) is 11.5 Å². The lowest BCUT2D eigenvalue weighted by molar-refractivity contribution is 0.118. The third-order valence-electron chi connectivity index (χ3n) is 6.57. The number of rotatable bonds is 18. The van der Waals surface area contributed by atoms with E-state index in [1.54, 1.807) is 0 Å². The summed E-state index contributed by atoms with van der Waals surface area (Å²) < 4.78 is 52.2. The molecule has 0 aliphatic carbocycles. The second kappa shape index (κ2) is 13.3. The Morgan fingerprint density at radius 3 is 1.38 bits per heavy atom. The number of hydrogen-bond acceptors (Lipinski definition) is 5. The highest BCUT2D eigenvalue weighted by Crippen LogP contribution is 2.35. The van der Waals surface area contributed by atoms with Gasteiger partial charge in [-0.05, 0) is 62.2 Å². The number of primary sulfonamides is 1. The fourth-order valence-corrected chi connectivity index (χ4v) is 7.32. The molecule has 29 heavy (non-hydrogen) atoms. The number of sulfonamides is 1. The number of unbranched alkanes of at least 4 members (excludes halogenated alkanes) is 2. The zero-order chi connectivity index (χ0) is 22.6. The lowest BCUT2D eigenvalue weighted by Gasteiger charge is -2.31. The fourth-order valence-electron chi connectivity index (χ4n) is 4.25. The first kappa shape index (κ1) is 28.8. The summed E-state index contributed by atoms with van der Waals surface area (Å²) in [6.07, 6.45) is 10.2. The monoisotopic (exact) mass is 455 g/mol. The first-order valence-corrected chi connectivity index (χ1v) is 14.9. The van der Waals surface area contributed by atoms with Gasteiger partial charge in [0.1, 0.15) is 9.84 Å². The highest BCUT2D eigenvalue weighted by atomic mass is 32.2. The zero-order valence-corrected chi connectivity index (χ0v) is 21.0. The number of sulfone groups is 1. The second-order valence-corrected chi connectivity index (χ2v) is 12.6. The molecule has 0 aromatic rings. The van der Waals surface area contributed by atoms with Crippen molar-refractivity contribution in [2.45, 2.75) is 91.9 Å². The standard InChI is InChI=1S/C21H45NO5S2/c1-6-20(7-2,18-28(5,23)24)14-10-12-16-27-17-13-11-15-21(8-3,9-4)19-29(22,25)26/h6-19H2,1-5H3,(H2,22,25,26). The Kier molecular flexibility index (Phi) is 13.2. The third kappa shape index (κ3) is 13.0. The van der Waals surface area contributed by atoms with Crippen LogP contribution in [0.25, 0.3) is 0 Å². The van der Waals surface area contributed by atoms with Crippen LogP contribution in [-0.4, -0.2) is 47.8 Å². The summed E-state index contributed by atoms with van der Waals surface area (Å²) in [5.41, 5.74) is -0.336. The molecule has 0 bridgehead atoms. The van der Waals surface area contributed by atoms with E-state index in [9.17, 15) is 16.8 Å². The molecule has 2 N–H and O–H groups in total. The number of hydrogen-bond donors (Lipinski definition) is 1. The topological polar surface area (TPSA) is 104 Å². The number of nitrogens with two attached hydrogens (primary N) is 1. The molecule has 0 heterocycles. The van der Waals surface area contributed by atoms with Gasteiger partial charge < -0.3 is 4.74 Å². The van der Waals surface area contributed by atoms with Gasteiger partial charge in [-0.1, -0.05) is 40.5 Å². The maximum Gasteiger partial charge on any atom is 0.209 e. The minimum absolute atomic E-state index is 0.0535. The molecule has 0 radical (unpaired) electrons. The quantitative estimate of drug-likeness (QED) is 0.311. The largest absolute Gasteiger partial charge is 0.381 e. The average Bonchev–Trinajstić information content (AvgIpc) is 2.62. The van der Waals surface area contributed by atoms with Crippen LogP contribution in [0, 0.1) is 10.8 Å². The summed E-state index contributed by atoms with van der Waals surface area (Å²) in [5.74, 6) is 0.320. The van der Waals surface area contributed by atoms with E-state index in [2.05, 4.69) is 13.8 Å². The Bertz CT molecular complexity index is 580. The minimum Gasteiger partial charge on any atom is -0.381 e. The molecule has 0 aromatic carbocycles. The molecule has 0 aromatic heterocycles. The van der Waals surface area contributed by atoms with Crippen molar-refractivity contribution in [1.29, 1.82) is 0 Å². The molecular weight excluding hydrogens is 410 g/mol. The summed E-state index contributed by atoms with van der Waals surface area (Å²) >= 11 is 0. The van der Waals surface area contributed by atoms with E-state index in [0.717, 1.165) is 64.2 Å². The summed E-state index contributed by atoms with van der Waals surface area (Å²) in [6, 6.07) is 0. The van der Waals surface area contributed by atoms with Crippen LogP contribution in [0.2, 0.25) is 0 Å². The van der Waals surface area contributed by atoms with Crippen molar-refractivity contribution in [3.63, 3.8) is 0 Å². The van der Waals surface area contributed by atoms with Gasteiger partial charge in [-0.25, -0.2) is 22.0 Å². The van der Waals surface area contributed by atoms with Crippen molar-refractivity contribution < 1.29 is 21.6 Å². The van der Waals surface area contributed by atoms with Crippen LogP contribution >= 0.6 is 0 Å². The molecule has 0 amide bonds. The van der Waals surface area contributed by atoms with Gasteiger partial charge in [0.15, 0.2) is 0 Å². The summed E-state index contributed by atoms with van der Waals surface area (Å²) in [6.45, 7) is 9.58. The lowest BCUT2D eigenvalue weighted by Crippen LogP contribution is -2.33. The SMILES string of the molecule is CCC(CC)(CCCCOCCCCC(CC)(CC)CS(N)(=O)=O)CS(C)(=O)=O. The van der Waals surface area contributed by atoms with Crippen molar-refractivity contribution in [2.75, 3.05) is 31.0 Å². The molecule has 0 aliphatic rings. The van der Waals surface area contributed by atoms with E-state index in [-0.39, 0.29) is 22.3 Å². The third-order valence-corrected chi connectivity index (χ3v) is 8.72. The fraction of sp³-hybridized carbons (Fsp3) is 1.00. The second-order valence-electron chi connectivity index (χ2n) is 8.82. The summed E-state index contributed by atoms with van der Waals surface area (Å²) in [7, 11) is -6.43. The Morgan fingerprint density at radius 1 is 0.690 bits per heavy atom. The van der Waals surface area contributed by atoms with Crippen LogP contribution < -0.4 is 5.14 Å². The Labute approximate surface area is 180 Å². The zero-order valence-electron chi connectivity index (χ0n) is 19.3. The molecule has 0 saturated heterocycles. The molecule has 0 saturated carbocycles. The summed E-state index contributed by atoms with van der Waals surface area (Å²) in [4.78, 5) is 0. The van der Waals surface area contributed by atoms with E-state index in [4.69, 9.17) is 9.88 Å². The van der Waals surface area contributed by atoms with Gasteiger partial charge >= 0.3 is 0 Å². The maximum atomic E-state index is 11.7. The van der Waals surface area contributed by atoms with Crippen molar-refractivity contribution >= 4 is 19.9 Å². The van der Waals surface area contributed by atoms with Gasteiger partial charge in [-0.2, -0.15) is 0 Å². The van der Waals surface area contributed by atoms with Crippen LogP contribution in [0.1, 0.15) is 91.9 Å². The van der Waals surface area contributed by atoms with Crippen LogP contribution in [0.5, 0.6) is 0 Å². The Hall–Kier alpha value is -0.180. The maximum absolute atomic E-state index is 11.7. The molecule has 0 fully saturated rings. The molecule has 0 spiro atoms. The van der Waals surface area contributed by atoms with Crippen LogP contribution in [0.3, 0.4) is 0 Å². The van der Waals surface area contributed by atoms with Crippen LogP contribution in [-0.2, 0) is 24.6 Å². The number of ether oxygens (including phenoxy) is 1. The first-order valence-electron chi connectivity index (χ1n) is 11.1. The van der Waals surface area contributed by atoms with Crippen molar-refractivity contribution in [3.8, 4) is 0 Å². The lowest BCUT2D eigenvalue weighted by atomic mass is 9.80. The summed E-state index contributed by atoms with van der Waals surface area (Å²) in [5, 5.41) is 5.27. The Morgan fingerprint density at radius 2 is 1.07 bits per heavy atom. The van der Waals surface area contributed by atoms with Crippen molar-refractivity contribution in [3.05, 3.63) is 0 Å². The highest BCUT2D eigenvalue weighted by molar-refractivity contribution is 7.90. The van der Waals surface area contributed by atoms with E-state index in [0.29, 0.717) is 13.2 Å². The van der Waals surface area contributed by atoms with Crippen LogP contribution in [0.15, 0.2) is 0 Å². The normalized spacial score (nSPS) is 13.7. The van der Waals surface area contributed by atoms with E-state index >= 15 is 0 Å².